The minimum atomic E-state index is 0.877. The van der Waals surface area contributed by atoms with E-state index in [0.29, 0.717) is 0 Å². The highest BCUT2D eigenvalue weighted by Crippen LogP contribution is 2.25. The number of aromatic amines is 1. The molecule has 1 aromatic heterocycles. The third kappa shape index (κ3) is 2.60. The van der Waals surface area contributed by atoms with Crippen LogP contribution in [0.5, 0.6) is 0 Å². The summed E-state index contributed by atoms with van der Waals surface area (Å²) in [6.07, 6.45) is 1.86. The summed E-state index contributed by atoms with van der Waals surface area (Å²) in [6.45, 7) is 0. The number of rotatable bonds is 3. The van der Waals surface area contributed by atoms with E-state index in [2.05, 4.69) is 55.5 Å². The van der Waals surface area contributed by atoms with Crippen LogP contribution in [-0.4, -0.2) is 17.0 Å². The van der Waals surface area contributed by atoms with Crippen molar-refractivity contribution >= 4 is 21.6 Å². The Morgan fingerprint density at radius 2 is 1.85 bits per heavy atom. The minimum absolute atomic E-state index is 0.877. The Morgan fingerprint density at radius 3 is 2.55 bits per heavy atom. The molecule has 100 valence electrons. The summed E-state index contributed by atoms with van der Waals surface area (Å²) in [5.41, 5.74) is 4.29. The fraction of sp³-hybridized carbons (Fsp3) is 0.0625. The molecule has 0 bridgehead atoms. The van der Waals surface area contributed by atoms with Crippen LogP contribution in [0.2, 0.25) is 0 Å². The molecule has 3 rings (SSSR count). The van der Waals surface area contributed by atoms with Gasteiger partial charge in [-0.3, -0.25) is 0 Å². The quantitative estimate of drug-likeness (QED) is 0.741. The lowest BCUT2D eigenvalue weighted by Crippen LogP contribution is -1.87. The van der Waals surface area contributed by atoms with E-state index in [1.165, 1.54) is 0 Å². The van der Waals surface area contributed by atoms with Crippen LogP contribution in [0.15, 0.2) is 59.2 Å². The molecule has 0 aliphatic rings. The molecule has 0 saturated heterocycles. The molecule has 0 atom stereocenters. The average molecular weight is 328 g/mol. The predicted molar refractivity (Wildman–Crippen MR) is 86.7 cm³/mol. The number of hydrogen-bond donors (Lipinski definition) is 2. The molecule has 0 radical (unpaired) electrons. The van der Waals surface area contributed by atoms with Gasteiger partial charge >= 0.3 is 0 Å². The fourth-order valence-corrected chi connectivity index (χ4v) is 2.46. The number of H-pyrrole nitrogens is 1. The zero-order valence-electron chi connectivity index (χ0n) is 11.0. The Labute approximate surface area is 126 Å². The molecule has 0 aliphatic heterocycles. The highest BCUT2D eigenvalue weighted by atomic mass is 79.9. The summed E-state index contributed by atoms with van der Waals surface area (Å²) in [5, 5.41) is 3.11. The first-order valence-corrected chi connectivity index (χ1v) is 7.15. The van der Waals surface area contributed by atoms with Crippen molar-refractivity contribution in [2.75, 3.05) is 12.4 Å². The van der Waals surface area contributed by atoms with Gasteiger partial charge in [-0.05, 0) is 36.4 Å². The van der Waals surface area contributed by atoms with Crippen LogP contribution in [0.1, 0.15) is 0 Å². The number of halogens is 1. The largest absolute Gasteiger partial charge is 0.388 e. The smallest absolute Gasteiger partial charge is 0.137 e. The molecule has 4 heteroatoms. The van der Waals surface area contributed by atoms with Gasteiger partial charge in [-0.1, -0.05) is 28.1 Å². The lowest BCUT2D eigenvalue weighted by Gasteiger charge is -2.01. The number of benzene rings is 2. The summed E-state index contributed by atoms with van der Waals surface area (Å²) >= 11 is 3.49. The van der Waals surface area contributed by atoms with E-state index in [-0.39, 0.29) is 0 Å². The van der Waals surface area contributed by atoms with Gasteiger partial charge in [-0.2, -0.15) is 0 Å². The molecule has 0 saturated carbocycles. The van der Waals surface area contributed by atoms with Crippen molar-refractivity contribution in [3.8, 4) is 22.6 Å². The first-order valence-electron chi connectivity index (χ1n) is 6.35. The molecule has 0 unspecified atom stereocenters. The highest BCUT2D eigenvalue weighted by molar-refractivity contribution is 9.10. The van der Waals surface area contributed by atoms with E-state index >= 15 is 0 Å². The van der Waals surface area contributed by atoms with E-state index in [4.69, 9.17) is 0 Å². The predicted octanol–water partition coefficient (Wildman–Crippen LogP) is 4.55. The number of aromatic nitrogens is 2. The normalized spacial score (nSPS) is 10.5. The maximum atomic E-state index is 4.46. The maximum Gasteiger partial charge on any atom is 0.137 e. The van der Waals surface area contributed by atoms with Crippen molar-refractivity contribution in [2.45, 2.75) is 0 Å². The third-order valence-electron chi connectivity index (χ3n) is 3.16. The lowest BCUT2D eigenvalue weighted by molar-refractivity contribution is 1.31. The van der Waals surface area contributed by atoms with E-state index < -0.39 is 0 Å². The average Bonchev–Trinajstić information content (AvgIpc) is 2.97. The molecule has 2 aromatic carbocycles. The van der Waals surface area contributed by atoms with E-state index in [1.807, 2.05) is 37.5 Å². The molecule has 2 N–H and O–H groups in total. The van der Waals surface area contributed by atoms with Gasteiger partial charge < -0.3 is 10.3 Å². The molecule has 3 aromatic rings. The Hall–Kier alpha value is -2.07. The Kier molecular flexibility index (Phi) is 3.56. The number of nitrogens with zero attached hydrogens (tertiary/aromatic N) is 1. The molecule has 0 spiro atoms. The van der Waals surface area contributed by atoms with Gasteiger partial charge in [0.1, 0.15) is 5.82 Å². The van der Waals surface area contributed by atoms with Gasteiger partial charge in [0.15, 0.2) is 0 Å². The second-order valence-corrected chi connectivity index (χ2v) is 5.40. The Bertz CT molecular complexity index is 717. The summed E-state index contributed by atoms with van der Waals surface area (Å²) in [7, 11) is 1.91. The van der Waals surface area contributed by atoms with Gasteiger partial charge in [0, 0.05) is 28.3 Å². The summed E-state index contributed by atoms with van der Waals surface area (Å²) in [6, 6.07) is 16.3. The van der Waals surface area contributed by atoms with Gasteiger partial charge in [-0.25, -0.2) is 4.98 Å². The highest BCUT2D eigenvalue weighted by Gasteiger charge is 2.05. The fourth-order valence-electron chi connectivity index (χ4n) is 2.07. The number of imidazole rings is 1. The van der Waals surface area contributed by atoms with Crippen molar-refractivity contribution in [2.24, 2.45) is 0 Å². The second-order valence-electron chi connectivity index (χ2n) is 4.48. The zero-order valence-corrected chi connectivity index (χ0v) is 12.6. The van der Waals surface area contributed by atoms with Gasteiger partial charge in [-0.15, -0.1) is 0 Å². The first-order chi connectivity index (χ1) is 9.76. The van der Waals surface area contributed by atoms with E-state index in [1.54, 1.807) is 0 Å². The van der Waals surface area contributed by atoms with Crippen molar-refractivity contribution in [1.82, 2.24) is 9.97 Å². The Balaban J connectivity index is 1.93. The van der Waals surface area contributed by atoms with Crippen LogP contribution in [0.3, 0.4) is 0 Å². The van der Waals surface area contributed by atoms with Crippen molar-refractivity contribution in [1.29, 1.82) is 0 Å². The summed E-state index contributed by atoms with van der Waals surface area (Å²) in [4.78, 5) is 7.81. The standard InChI is InChI=1S/C16H14BrN3/c1-18-14-7-5-11(6-8-14)16-19-10-15(20-16)12-3-2-4-13(17)9-12/h2-10,18H,1H3,(H,19,20). The van der Waals surface area contributed by atoms with Crippen LogP contribution in [0.4, 0.5) is 5.69 Å². The SMILES string of the molecule is CNc1ccc(-c2ncc(-c3cccc(Br)c3)[nH]2)cc1. The number of hydrogen-bond acceptors (Lipinski definition) is 2. The maximum absolute atomic E-state index is 4.46. The molecule has 20 heavy (non-hydrogen) atoms. The summed E-state index contributed by atoms with van der Waals surface area (Å²) in [5.74, 6) is 0.877. The van der Waals surface area contributed by atoms with Gasteiger partial charge in [0.05, 0.1) is 11.9 Å². The number of nitrogens with one attached hydrogen (secondary N) is 2. The minimum Gasteiger partial charge on any atom is -0.388 e. The third-order valence-corrected chi connectivity index (χ3v) is 3.65. The molecule has 0 aliphatic carbocycles. The van der Waals surface area contributed by atoms with Gasteiger partial charge in [0.2, 0.25) is 0 Å². The molecule has 3 nitrogen and oxygen atoms in total. The van der Waals surface area contributed by atoms with Crippen LogP contribution >= 0.6 is 15.9 Å². The Morgan fingerprint density at radius 1 is 1.05 bits per heavy atom. The van der Waals surface area contributed by atoms with Crippen LogP contribution < -0.4 is 5.32 Å². The van der Waals surface area contributed by atoms with E-state index in [0.717, 1.165) is 32.8 Å². The van der Waals surface area contributed by atoms with Crippen LogP contribution in [0, 0.1) is 0 Å². The lowest BCUT2D eigenvalue weighted by atomic mass is 10.2. The van der Waals surface area contributed by atoms with Crippen LogP contribution in [0.25, 0.3) is 22.6 Å². The molecule has 0 amide bonds. The summed E-state index contributed by atoms with van der Waals surface area (Å²) < 4.78 is 1.06. The zero-order chi connectivity index (χ0) is 13.9. The second kappa shape index (κ2) is 5.51. The molecular weight excluding hydrogens is 314 g/mol. The van der Waals surface area contributed by atoms with Gasteiger partial charge in [0.25, 0.3) is 0 Å². The van der Waals surface area contributed by atoms with Crippen molar-refractivity contribution in [3.05, 3.63) is 59.2 Å². The molecular formula is C16H14BrN3. The van der Waals surface area contributed by atoms with Crippen LogP contribution in [-0.2, 0) is 0 Å². The monoisotopic (exact) mass is 327 g/mol. The number of anilines is 1. The van der Waals surface area contributed by atoms with Crippen molar-refractivity contribution < 1.29 is 0 Å². The first kappa shape index (κ1) is 12.9. The molecule has 1 heterocycles. The van der Waals surface area contributed by atoms with Crippen molar-refractivity contribution in [3.63, 3.8) is 0 Å². The van der Waals surface area contributed by atoms with E-state index in [9.17, 15) is 0 Å². The topological polar surface area (TPSA) is 40.7 Å². The molecule has 0 fully saturated rings.